The number of aromatic hydroxyl groups is 1. The Kier molecular flexibility index (Phi) is 3.25. The summed E-state index contributed by atoms with van der Waals surface area (Å²) in [5, 5.41) is 24.2. The Morgan fingerprint density at radius 1 is 1.46 bits per heavy atom. The van der Waals surface area contributed by atoms with Crippen LogP contribution in [0.25, 0.3) is 0 Å². The molecule has 3 N–H and O–H groups in total. The summed E-state index contributed by atoms with van der Waals surface area (Å²) in [5.41, 5.74) is 3.04. The number of aliphatic hydroxyl groups excluding tert-OH is 1. The first-order valence-electron chi connectivity index (χ1n) is 9.33. The zero-order valence-corrected chi connectivity index (χ0v) is 15.0. The number of phenolic OH excluding ortho intramolecular Hbond substituents is 1. The van der Waals surface area contributed by atoms with E-state index in [0.717, 1.165) is 37.2 Å². The number of aliphatic hydroxyl groups is 1. The van der Waals surface area contributed by atoms with E-state index in [1.165, 1.54) is 7.11 Å². The molecule has 2 fully saturated rings. The first-order valence-corrected chi connectivity index (χ1v) is 9.33. The number of fused-ring (bicyclic) bond motifs is 2. The van der Waals surface area contributed by atoms with Gasteiger partial charge in [0.25, 0.3) is 0 Å². The first-order chi connectivity index (χ1) is 12.5. The highest BCUT2D eigenvalue weighted by atomic mass is 16.5. The summed E-state index contributed by atoms with van der Waals surface area (Å²) >= 11 is 0. The molecule has 2 saturated heterocycles. The number of ether oxygens (including phenoxy) is 1. The molecule has 6 nitrogen and oxygen atoms in total. The van der Waals surface area contributed by atoms with Crippen molar-refractivity contribution < 1.29 is 19.7 Å². The van der Waals surface area contributed by atoms with Crippen LogP contribution in [0.15, 0.2) is 29.5 Å². The molecular weight excluding hydrogens is 332 g/mol. The highest BCUT2D eigenvalue weighted by molar-refractivity contribution is 5.94. The Morgan fingerprint density at radius 2 is 2.27 bits per heavy atom. The quantitative estimate of drug-likeness (QED) is 0.551. The van der Waals surface area contributed by atoms with Gasteiger partial charge in [-0.1, -0.05) is 12.1 Å². The summed E-state index contributed by atoms with van der Waals surface area (Å²) in [4.78, 5) is 15.3. The van der Waals surface area contributed by atoms with Gasteiger partial charge in [0.2, 0.25) is 0 Å². The van der Waals surface area contributed by atoms with Gasteiger partial charge >= 0.3 is 5.97 Å². The summed E-state index contributed by atoms with van der Waals surface area (Å²) in [6.45, 7) is 3.52. The van der Waals surface area contributed by atoms with Crippen molar-refractivity contribution in [1.29, 1.82) is 0 Å². The average Bonchev–Trinajstić information content (AvgIpc) is 3.18. The Morgan fingerprint density at radius 3 is 3.00 bits per heavy atom. The van der Waals surface area contributed by atoms with Crippen molar-refractivity contribution in [1.82, 2.24) is 4.90 Å². The number of benzene rings is 1. The van der Waals surface area contributed by atoms with Gasteiger partial charge in [-0.15, -0.1) is 0 Å². The minimum atomic E-state index is -0.494. The van der Waals surface area contributed by atoms with Gasteiger partial charge in [0, 0.05) is 30.1 Å². The van der Waals surface area contributed by atoms with Crippen LogP contribution in [0.5, 0.6) is 5.75 Å². The lowest BCUT2D eigenvalue weighted by molar-refractivity contribution is -0.138. The summed E-state index contributed by atoms with van der Waals surface area (Å²) in [6, 6.07) is 5.90. The molecule has 0 unspecified atom stereocenters. The zero-order valence-electron chi connectivity index (χ0n) is 15.0. The lowest BCUT2D eigenvalue weighted by Crippen LogP contribution is -2.57. The van der Waals surface area contributed by atoms with Crippen LogP contribution in [-0.2, 0) is 14.9 Å². The second-order valence-corrected chi connectivity index (χ2v) is 8.08. The zero-order chi connectivity index (χ0) is 18.2. The van der Waals surface area contributed by atoms with E-state index < -0.39 is 6.10 Å². The number of nitrogens with one attached hydrogen (secondary N) is 1. The third-order valence-corrected chi connectivity index (χ3v) is 7.13. The lowest BCUT2D eigenvalue weighted by Gasteiger charge is -2.51. The van der Waals surface area contributed by atoms with E-state index in [1.54, 1.807) is 6.07 Å². The molecule has 0 amide bonds. The molecule has 0 radical (unpaired) electrons. The third kappa shape index (κ3) is 1.76. The molecule has 0 saturated carbocycles. The number of hydrogen-bond donors (Lipinski definition) is 3. The van der Waals surface area contributed by atoms with Crippen molar-refractivity contribution in [3.8, 4) is 5.75 Å². The van der Waals surface area contributed by atoms with Crippen molar-refractivity contribution in [3.63, 3.8) is 0 Å². The number of hydrogen-bond acceptors (Lipinski definition) is 6. The molecule has 6 heteroatoms. The van der Waals surface area contributed by atoms with E-state index in [-0.39, 0.29) is 35.0 Å². The highest BCUT2D eigenvalue weighted by Gasteiger charge is 2.63. The topological polar surface area (TPSA) is 82.0 Å². The molecule has 4 aliphatic rings. The number of para-hydroxylation sites is 1. The number of piperidine rings is 1. The second-order valence-electron chi connectivity index (χ2n) is 8.08. The molecule has 138 valence electrons. The largest absolute Gasteiger partial charge is 0.506 e. The van der Waals surface area contributed by atoms with Crippen molar-refractivity contribution in [2.24, 2.45) is 11.8 Å². The molecule has 5 rings (SSSR count). The number of anilines is 1. The molecule has 1 aromatic rings. The fourth-order valence-corrected chi connectivity index (χ4v) is 6.03. The molecule has 26 heavy (non-hydrogen) atoms. The molecule has 2 bridgehead atoms. The Labute approximate surface area is 152 Å². The molecule has 3 heterocycles. The number of phenols is 1. The Bertz CT molecular complexity index is 833. The van der Waals surface area contributed by atoms with Crippen molar-refractivity contribution in [2.45, 2.75) is 37.3 Å². The fourth-order valence-electron chi connectivity index (χ4n) is 6.03. The minimum Gasteiger partial charge on any atom is -0.506 e. The maximum Gasteiger partial charge on any atom is 0.335 e. The van der Waals surface area contributed by atoms with Crippen LogP contribution in [0.4, 0.5) is 5.69 Å². The summed E-state index contributed by atoms with van der Waals surface area (Å²) in [6.07, 6.45) is 1.24. The predicted octanol–water partition coefficient (Wildman–Crippen LogP) is 1.59. The van der Waals surface area contributed by atoms with Gasteiger partial charge in [0.1, 0.15) is 5.75 Å². The van der Waals surface area contributed by atoms with Gasteiger partial charge in [0.05, 0.1) is 29.9 Å². The van der Waals surface area contributed by atoms with Crippen LogP contribution in [0.1, 0.15) is 25.3 Å². The van der Waals surface area contributed by atoms with Crippen LogP contribution in [0, 0.1) is 11.8 Å². The molecule has 3 aliphatic heterocycles. The summed E-state index contributed by atoms with van der Waals surface area (Å²) in [5.74, 6) is -0.145. The second kappa shape index (κ2) is 5.24. The van der Waals surface area contributed by atoms with E-state index in [9.17, 15) is 15.0 Å². The monoisotopic (exact) mass is 356 g/mol. The number of rotatable bonds is 2. The minimum absolute atomic E-state index is 0.00283. The molecule has 1 spiro atoms. The molecule has 1 aromatic carbocycles. The van der Waals surface area contributed by atoms with E-state index in [4.69, 9.17) is 4.74 Å². The van der Waals surface area contributed by atoms with Crippen molar-refractivity contribution in [2.75, 3.05) is 25.5 Å². The standard InChI is InChI=1S/C20H24N2O4/c1-10(23)12-9-22-7-6-20-13-4-3-5-14(24)17(13)21-18(20)16(19(25)26-2)11(12)8-15(20)22/h3-5,10-12,15,21,23-24H,6-9H2,1-2H3/t10-,11-,12-,15+,20-/m1/s1. The van der Waals surface area contributed by atoms with Gasteiger partial charge in [-0.3, -0.25) is 4.90 Å². The Balaban J connectivity index is 1.79. The number of carbonyl (C=O) groups is 1. The van der Waals surface area contributed by atoms with Crippen LogP contribution >= 0.6 is 0 Å². The Hall–Kier alpha value is -2.05. The summed E-state index contributed by atoms with van der Waals surface area (Å²) in [7, 11) is 1.41. The predicted molar refractivity (Wildman–Crippen MR) is 95.7 cm³/mol. The van der Waals surface area contributed by atoms with E-state index >= 15 is 0 Å². The van der Waals surface area contributed by atoms with Gasteiger partial charge in [-0.25, -0.2) is 4.79 Å². The van der Waals surface area contributed by atoms with Gasteiger partial charge in [-0.05, 0) is 37.9 Å². The number of nitrogens with zero attached hydrogens (tertiary/aromatic N) is 1. The van der Waals surface area contributed by atoms with Crippen molar-refractivity contribution >= 4 is 11.7 Å². The number of esters is 1. The SMILES string of the molecule is COC(=O)C1=C2Nc3c(O)cccc3[C@@]23CCN2C[C@H]([C@@H](C)O)[C@H]1C[C@H]23. The summed E-state index contributed by atoms with van der Waals surface area (Å²) < 4.78 is 5.16. The molecule has 1 aliphatic carbocycles. The maximum atomic E-state index is 12.8. The molecule has 5 atom stereocenters. The van der Waals surface area contributed by atoms with Crippen LogP contribution < -0.4 is 5.32 Å². The van der Waals surface area contributed by atoms with Gasteiger partial charge in [-0.2, -0.15) is 0 Å². The maximum absolute atomic E-state index is 12.8. The fraction of sp³-hybridized carbons (Fsp3) is 0.550. The molecule has 0 aromatic heterocycles. The van der Waals surface area contributed by atoms with Gasteiger partial charge in [0.15, 0.2) is 0 Å². The van der Waals surface area contributed by atoms with Crippen LogP contribution in [-0.4, -0.2) is 53.4 Å². The highest BCUT2D eigenvalue weighted by Crippen LogP contribution is 2.62. The van der Waals surface area contributed by atoms with E-state index in [2.05, 4.69) is 16.3 Å². The van der Waals surface area contributed by atoms with Gasteiger partial charge < -0.3 is 20.3 Å². The normalized spacial score (nSPS) is 35.6. The van der Waals surface area contributed by atoms with Crippen LogP contribution in [0.2, 0.25) is 0 Å². The van der Waals surface area contributed by atoms with E-state index in [1.807, 2.05) is 13.0 Å². The van der Waals surface area contributed by atoms with E-state index in [0.29, 0.717) is 11.3 Å². The smallest absolute Gasteiger partial charge is 0.335 e. The molecular formula is C20H24N2O4. The average molecular weight is 356 g/mol. The lowest BCUT2D eigenvalue weighted by atomic mass is 9.60. The first kappa shape index (κ1) is 16.1. The van der Waals surface area contributed by atoms with Crippen molar-refractivity contribution in [3.05, 3.63) is 35.0 Å². The third-order valence-electron chi connectivity index (χ3n) is 7.13. The number of carbonyl (C=O) groups excluding carboxylic acids is 1. The number of methoxy groups -OCH3 is 1. The van der Waals surface area contributed by atoms with Crippen LogP contribution in [0.3, 0.4) is 0 Å².